The highest BCUT2D eigenvalue weighted by Gasteiger charge is 2.13. The van der Waals surface area contributed by atoms with Gasteiger partial charge in [0, 0.05) is 17.1 Å². The summed E-state index contributed by atoms with van der Waals surface area (Å²) >= 11 is 0. The molecule has 0 aliphatic carbocycles. The highest BCUT2D eigenvalue weighted by Crippen LogP contribution is 2.38. The fourth-order valence-corrected chi connectivity index (χ4v) is 5.73. The fourth-order valence-electron chi connectivity index (χ4n) is 5.73. The Morgan fingerprint density at radius 3 is 1.51 bits per heavy atom. The summed E-state index contributed by atoms with van der Waals surface area (Å²) < 4.78 is 10.8. The predicted octanol–water partition coefficient (Wildman–Crippen LogP) is 10.2. The van der Waals surface area contributed by atoms with E-state index in [9.17, 15) is 0 Å². The van der Waals surface area contributed by atoms with Crippen molar-refractivity contribution in [3.05, 3.63) is 139 Å². The normalized spacial score (nSPS) is 11.6. The molecule has 3 heteroatoms. The number of hydrogen-bond acceptors (Lipinski definition) is 3. The van der Waals surface area contributed by atoms with E-state index in [-0.39, 0.29) is 0 Å². The third-order valence-corrected chi connectivity index (χ3v) is 7.83. The third kappa shape index (κ3) is 4.52. The molecule has 3 nitrogen and oxygen atoms in total. The largest absolute Gasteiger partial charge is 0.497 e. The summed E-state index contributed by atoms with van der Waals surface area (Å²) in [6, 6.07) is 44.9. The Morgan fingerprint density at radius 1 is 0.463 bits per heavy atom. The van der Waals surface area contributed by atoms with Gasteiger partial charge in [-0.3, -0.25) is 0 Å². The van der Waals surface area contributed by atoms with Crippen LogP contribution < -0.4 is 14.4 Å². The first-order valence-electron chi connectivity index (χ1n) is 13.7. The molecule has 0 atom stereocenters. The molecule has 0 saturated carbocycles. The van der Waals surface area contributed by atoms with Gasteiger partial charge in [0.05, 0.1) is 14.2 Å². The van der Waals surface area contributed by atoms with Gasteiger partial charge in [-0.25, -0.2) is 0 Å². The molecular weight excluding hydrogens is 502 g/mol. The molecule has 0 spiro atoms. The second-order valence-corrected chi connectivity index (χ2v) is 10.2. The summed E-state index contributed by atoms with van der Waals surface area (Å²) in [6.45, 7) is 0. The van der Waals surface area contributed by atoms with Crippen molar-refractivity contribution < 1.29 is 9.47 Å². The Labute approximate surface area is 239 Å². The van der Waals surface area contributed by atoms with Crippen LogP contribution in [0, 0.1) is 0 Å². The van der Waals surface area contributed by atoms with E-state index in [4.69, 9.17) is 9.47 Å². The average Bonchev–Trinajstić information content (AvgIpc) is 3.04. The molecule has 0 N–H and O–H groups in total. The maximum Gasteiger partial charge on any atom is 0.119 e. The lowest BCUT2D eigenvalue weighted by atomic mass is 9.92. The predicted molar refractivity (Wildman–Crippen MR) is 173 cm³/mol. The fraction of sp³-hybridized carbons (Fsp3) is 0.0526. The van der Waals surface area contributed by atoms with Gasteiger partial charge in [-0.15, -0.1) is 0 Å². The number of rotatable bonds is 7. The van der Waals surface area contributed by atoms with Gasteiger partial charge in [-0.05, 0) is 104 Å². The monoisotopic (exact) mass is 531 g/mol. The molecule has 7 rings (SSSR count). The Morgan fingerprint density at radius 2 is 0.951 bits per heavy atom. The van der Waals surface area contributed by atoms with Crippen LogP contribution in [0.4, 0.5) is 17.1 Å². The van der Waals surface area contributed by atoms with Crippen LogP contribution in [0.3, 0.4) is 0 Å². The zero-order chi connectivity index (χ0) is 27.8. The van der Waals surface area contributed by atoms with Crippen LogP contribution in [-0.4, -0.2) is 14.2 Å². The van der Waals surface area contributed by atoms with E-state index in [0.717, 1.165) is 34.1 Å². The number of anilines is 3. The highest BCUT2D eigenvalue weighted by molar-refractivity contribution is 6.24. The summed E-state index contributed by atoms with van der Waals surface area (Å²) in [5.74, 6) is 1.66. The first kappa shape index (κ1) is 24.7. The molecule has 7 aromatic rings. The Bertz CT molecular complexity index is 1930. The summed E-state index contributed by atoms with van der Waals surface area (Å²) in [5.41, 5.74) is 5.53. The van der Waals surface area contributed by atoms with Gasteiger partial charge in [-0.1, -0.05) is 78.9 Å². The van der Waals surface area contributed by atoms with Crippen molar-refractivity contribution in [2.24, 2.45) is 0 Å². The van der Waals surface area contributed by atoms with Gasteiger partial charge >= 0.3 is 0 Å². The van der Waals surface area contributed by atoms with Crippen molar-refractivity contribution >= 4 is 61.5 Å². The van der Waals surface area contributed by atoms with Gasteiger partial charge in [0.1, 0.15) is 11.5 Å². The van der Waals surface area contributed by atoms with Gasteiger partial charge in [0.25, 0.3) is 0 Å². The van der Waals surface area contributed by atoms with Crippen molar-refractivity contribution in [1.82, 2.24) is 0 Å². The van der Waals surface area contributed by atoms with Crippen molar-refractivity contribution in [3.8, 4) is 11.5 Å². The number of ether oxygens (including phenoxy) is 2. The zero-order valence-electron chi connectivity index (χ0n) is 23.0. The molecule has 0 amide bonds. The van der Waals surface area contributed by atoms with Crippen LogP contribution in [0.2, 0.25) is 0 Å². The lowest BCUT2D eigenvalue weighted by molar-refractivity contribution is 0.415. The van der Waals surface area contributed by atoms with Crippen molar-refractivity contribution in [3.63, 3.8) is 0 Å². The van der Waals surface area contributed by atoms with E-state index in [0.29, 0.717) is 0 Å². The topological polar surface area (TPSA) is 21.7 Å². The summed E-state index contributed by atoms with van der Waals surface area (Å²) in [6.07, 6.45) is 4.42. The number of nitrogens with zero attached hydrogens (tertiary/aromatic N) is 1. The second kappa shape index (κ2) is 10.4. The minimum absolute atomic E-state index is 0.829. The SMILES string of the molecule is COc1ccc(N(c2ccc(/C=C/c3ccc4ccc5cccc6ccc3c4c56)cc2)c2ccc(OC)cc2)cc1. The van der Waals surface area contributed by atoms with E-state index >= 15 is 0 Å². The summed E-state index contributed by atoms with van der Waals surface area (Å²) in [4.78, 5) is 2.23. The molecule has 7 aromatic carbocycles. The van der Waals surface area contributed by atoms with Gasteiger partial charge in [0.15, 0.2) is 0 Å². The number of methoxy groups -OCH3 is 2. The van der Waals surface area contributed by atoms with Crippen LogP contribution in [0.25, 0.3) is 44.5 Å². The average molecular weight is 532 g/mol. The van der Waals surface area contributed by atoms with Crippen LogP contribution in [0.5, 0.6) is 11.5 Å². The summed E-state index contributed by atoms with van der Waals surface area (Å²) in [5, 5.41) is 7.82. The van der Waals surface area contributed by atoms with E-state index in [1.807, 2.05) is 24.3 Å². The third-order valence-electron chi connectivity index (χ3n) is 7.83. The molecular formula is C38H29NO2. The van der Waals surface area contributed by atoms with E-state index in [2.05, 4.69) is 120 Å². The van der Waals surface area contributed by atoms with Crippen LogP contribution in [0.1, 0.15) is 11.1 Å². The molecule has 0 aromatic heterocycles. The Kier molecular flexibility index (Phi) is 6.25. The molecule has 0 radical (unpaired) electrons. The summed E-state index contributed by atoms with van der Waals surface area (Å²) in [7, 11) is 3.37. The van der Waals surface area contributed by atoms with Crippen LogP contribution in [-0.2, 0) is 0 Å². The molecule has 0 aliphatic rings. The Balaban J connectivity index is 1.23. The van der Waals surface area contributed by atoms with Crippen LogP contribution >= 0.6 is 0 Å². The van der Waals surface area contributed by atoms with Gasteiger partial charge in [0.2, 0.25) is 0 Å². The minimum atomic E-state index is 0.829. The quantitative estimate of drug-likeness (QED) is 0.151. The maximum absolute atomic E-state index is 5.39. The molecule has 0 heterocycles. The van der Waals surface area contributed by atoms with E-state index in [1.54, 1.807) is 14.2 Å². The highest BCUT2D eigenvalue weighted by atomic mass is 16.5. The lowest BCUT2D eigenvalue weighted by Crippen LogP contribution is -2.09. The van der Waals surface area contributed by atoms with Crippen molar-refractivity contribution in [2.45, 2.75) is 0 Å². The minimum Gasteiger partial charge on any atom is -0.497 e. The number of hydrogen-bond donors (Lipinski definition) is 0. The molecule has 198 valence electrons. The first-order valence-corrected chi connectivity index (χ1v) is 13.7. The molecule has 0 unspecified atom stereocenters. The van der Waals surface area contributed by atoms with Gasteiger partial charge in [-0.2, -0.15) is 0 Å². The maximum atomic E-state index is 5.39. The van der Waals surface area contributed by atoms with E-state index in [1.165, 1.54) is 37.9 Å². The number of benzene rings is 7. The Hall–Kier alpha value is -5.28. The first-order chi connectivity index (χ1) is 20.2. The second-order valence-electron chi connectivity index (χ2n) is 10.2. The lowest BCUT2D eigenvalue weighted by Gasteiger charge is -2.26. The van der Waals surface area contributed by atoms with Gasteiger partial charge < -0.3 is 14.4 Å². The standard InChI is InChI=1S/C38H29NO2/c1-40-34-21-17-32(18-22-34)39(33-19-23-35(41-2)24-20-33)31-15-7-26(8-16-31)6-9-27-10-11-30-13-12-28-4-3-5-29-14-25-36(27)38(30)37(28)29/h3-25H,1-2H3/b9-6+. The van der Waals surface area contributed by atoms with Crippen LogP contribution in [0.15, 0.2) is 127 Å². The molecule has 0 fully saturated rings. The van der Waals surface area contributed by atoms with Crippen molar-refractivity contribution in [2.75, 3.05) is 19.1 Å². The molecule has 0 aliphatic heterocycles. The smallest absolute Gasteiger partial charge is 0.119 e. The van der Waals surface area contributed by atoms with Crippen molar-refractivity contribution in [1.29, 1.82) is 0 Å². The zero-order valence-corrected chi connectivity index (χ0v) is 23.0. The molecule has 0 bridgehead atoms. The molecule has 41 heavy (non-hydrogen) atoms. The molecule has 0 saturated heterocycles. The van der Waals surface area contributed by atoms with E-state index < -0.39 is 0 Å².